The van der Waals surface area contributed by atoms with Gasteiger partial charge in [-0.3, -0.25) is 4.79 Å². The summed E-state index contributed by atoms with van der Waals surface area (Å²) in [7, 11) is -4.51. The second kappa shape index (κ2) is 7.72. The van der Waals surface area contributed by atoms with Crippen LogP contribution < -0.4 is 0 Å². The molecule has 0 saturated carbocycles. The average Bonchev–Trinajstić information content (AvgIpc) is 3.45. The van der Waals surface area contributed by atoms with E-state index in [1.54, 1.807) is 38.1 Å². The lowest BCUT2D eigenvalue weighted by atomic mass is 10.0. The van der Waals surface area contributed by atoms with Crippen LogP contribution in [0.4, 0.5) is 9.59 Å². The molecule has 1 aromatic carbocycles. The number of nitrogens with zero attached hydrogens (tertiary/aromatic N) is 4. The first-order chi connectivity index (χ1) is 16.1. The van der Waals surface area contributed by atoms with E-state index in [1.165, 1.54) is 27.8 Å². The number of amides is 4. The summed E-state index contributed by atoms with van der Waals surface area (Å²) in [6.07, 6.45) is -0.648. The molecule has 3 aliphatic heterocycles. The summed E-state index contributed by atoms with van der Waals surface area (Å²) in [6.45, 7) is 3.37. The Labute approximate surface area is 200 Å². The lowest BCUT2D eigenvalue weighted by molar-refractivity contribution is -0.143. The van der Waals surface area contributed by atoms with Gasteiger partial charge in [0, 0.05) is 19.2 Å². The predicted octanol–water partition coefficient (Wildman–Crippen LogP) is 2.67. The van der Waals surface area contributed by atoms with Gasteiger partial charge in [0.1, 0.15) is 5.69 Å². The van der Waals surface area contributed by atoms with Gasteiger partial charge in [-0.2, -0.15) is 13.5 Å². The number of rotatable bonds is 4. The summed E-state index contributed by atoms with van der Waals surface area (Å²) in [5.74, 6) is -0.468. The number of hydroxylamine groups is 2. The first-order valence-electron chi connectivity index (χ1n) is 10.6. The molecule has 4 heterocycles. The van der Waals surface area contributed by atoms with Crippen LogP contribution in [0.1, 0.15) is 35.6 Å². The molecule has 2 fully saturated rings. The summed E-state index contributed by atoms with van der Waals surface area (Å²) in [4.78, 5) is 41.7. The zero-order valence-corrected chi connectivity index (χ0v) is 19.8. The number of aryl methyl sites for hydroxylation is 1. The van der Waals surface area contributed by atoms with Crippen molar-refractivity contribution in [3.05, 3.63) is 53.9 Å². The lowest BCUT2D eigenvalue weighted by Crippen LogP contribution is -2.63. The number of fused-ring (bicyclic) bond motifs is 2. The monoisotopic (exact) mass is 508 g/mol. The number of alkyl halides is 1. The molecule has 0 radical (unpaired) electrons. The standard InChI is InChI=1S/C21H21ClN4O7S/c1-3-32-20(29)25-18-21(11-14(22)12-24(21)17(27)16-5-4-10-23(16)18)26(19(25)28)33-34(30,31)15-8-6-13(2)7-9-15/h4-10,14,18H,3,11-12H2,1-2H3/t14-,18+,21-/m0/s1. The third-order valence-electron chi connectivity index (χ3n) is 6.21. The Morgan fingerprint density at radius 1 is 1.21 bits per heavy atom. The molecular formula is C21H21ClN4O7S. The molecule has 2 saturated heterocycles. The van der Waals surface area contributed by atoms with Crippen LogP contribution in [0, 0.1) is 6.92 Å². The van der Waals surface area contributed by atoms with E-state index in [0.717, 1.165) is 10.5 Å². The van der Waals surface area contributed by atoms with Crippen LogP contribution >= 0.6 is 11.6 Å². The van der Waals surface area contributed by atoms with Crippen LogP contribution in [0.25, 0.3) is 0 Å². The van der Waals surface area contributed by atoms with Gasteiger partial charge in [-0.1, -0.05) is 17.7 Å². The summed E-state index contributed by atoms with van der Waals surface area (Å²) in [6, 6.07) is 7.92. The van der Waals surface area contributed by atoms with Crippen LogP contribution in [0.15, 0.2) is 47.5 Å². The van der Waals surface area contributed by atoms with Crippen molar-refractivity contribution in [1.29, 1.82) is 0 Å². The SMILES string of the molecule is CCOC(=O)N1C(=O)N(OS(=O)(=O)c2ccc(C)cc2)[C@]23C[C@H](Cl)CN2C(=O)c2cccn2[C@H]13. The van der Waals surface area contributed by atoms with Crippen LogP contribution in [0.5, 0.6) is 0 Å². The fourth-order valence-electron chi connectivity index (χ4n) is 4.82. The minimum Gasteiger partial charge on any atom is -0.449 e. The molecule has 180 valence electrons. The first-order valence-corrected chi connectivity index (χ1v) is 12.4. The van der Waals surface area contributed by atoms with E-state index in [4.69, 9.17) is 20.6 Å². The highest BCUT2D eigenvalue weighted by atomic mass is 35.5. The first kappa shape index (κ1) is 22.7. The Morgan fingerprint density at radius 3 is 2.59 bits per heavy atom. The lowest BCUT2D eigenvalue weighted by Gasteiger charge is -2.46. The van der Waals surface area contributed by atoms with Crippen LogP contribution in [-0.2, 0) is 19.1 Å². The van der Waals surface area contributed by atoms with Gasteiger partial charge >= 0.3 is 22.2 Å². The maximum atomic E-state index is 13.6. The largest absolute Gasteiger partial charge is 0.449 e. The van der Waals surface area contributed by atoms with Gasteiger partial charge in [0.05, 0.1) is 16.9 Å². The van der Waals surface area contributed by atoms with Gasteiger partial charge in [-0.15, -0.1) is 15.9 Å². The van der Waals surface area contributed by atoms with Gasteiger partial charge in [-0.25, -0.2) is 14.5 Å². The third kappa shape index (κ3) is 3.05. The number of ether oxygens (including phenoxy) is 1. The zero-order chi connectivity index (χ0) is 24.4. The van der Waals surface area contributed by atoms with Gasteiger partial charge in [0.2, 0.25) is 0 Å². The van der Waals surface area contributed by atoms with Crippen LogP contribution in [0.2, 0.25) is 0 Å². The molecule has 1 spiro atoms. The third-order valence-corrected chi connectivity index (χ3v) is 7.70. The molecule has 34 heavy (non-hydrogen) atoms. The molecule has 1 aromatic heterocycles. The number of hydrogen-bond donors (Lipinski definition) is 0. The Bertz CT molecular complexity index is 1290. The molecule has 0 N–H and O–H groups in total. The fourth-order valence-corrected chi connectivity index (χ4v) is 6.13. The molecule has 0 aliphatic carbocycles. The van der Waals surface area contributed by atoms with Crippen molar-refractivity contribution in [3.8, 4) is 0 Å². The van der Waals surface area contributed by atoms with E-state index in [2.05, 4.69) is 0 Å². The molecule has 0 unspecified atom stereocenters. The van der Waals surface area contributed by atoms with Gasteiger partial charge < -0.3 is 14.2 Å². The second-order valence-electron chi connectivity index (χ2n) is 8.26. The molecule has 3 aliphatic rings. The smallest absolute Gasteiger partial charge is 0.419 e. The molecule has 13 heteroatoms. The van der Waals surface area contributed by atoms with E-state index in [0.29, 0.717) is 5.06 Å². The van der Waals surface area contributed by atoms with E-state index < -0.39 is 45.4 Å². The number of urea groups is 1. The van der Waals surface area contributed by atoms with Crippen LogP contribution in [0.3, 0.4) is 0 Å². The predicted molar refractivity (Wildman–Crippen MR) is 117 cm³/mol. The average molecular weight is 509 g/mol. The molecule has 4 amide bonds. The van der Waals surface area contributed by atoms with Crippen molar-refractivity contribution in [2.24, 2.45) is 0 Å². The number of carbonyl (C=O) groups excluding carboxylic acids is 3. The van der Waals surface area contributed by atoms with Gasteiger partial charge in [-0.05, 0) is 38.1 Å². The maximum Gasteiger partial charge on any atom is 0.419 e. The second-order valence-corrected chi connectivity index (χ2v) is 10.4. The molecule has 2 aromatic rings. The summed E-state index contributed by atoms with van der Waals surface area (Å²) in [5, 5.41) is -0.0355. The number of halogens is 1. The Balaban J connectivity index is 1.68. The summed E-state index contributed by atoms with van der Waals surface area (Å²) in [5.41, 5.74) is -0.651. The van der Waals surface area contributed by atoms with E-state index in [9.17, 15) is 22.8 Å². The fraction of sp³-hybridized carbons (Fsp3) is 0.381. The van der Waals surface area contributed by atoms with Crippen molar-refractivity contribution in [2.75, 3.05) is 13.2 Å². The minimum absolute atomic E-state index is 0.0236. The van der Waals surface area contributed by atoms with E-state index in [-0.39, 0.29) is 30.2 Å². The van der Waals surface area contributed by atoms with Crippen molar-refractivity contribution in [3.63, 3.8) is 0 Å². The minimum atomic E-state index is -4.51. The topological polar surface area (TPSA) is 118 Å². The summed E-state index contributed by atoms with van der Waals surface area (Å²) >= 11 is 6.45. The normalized spacial score (nSPS) is 25.9. The highest BCUT2D eigenvalue weighted by Crippen LogP contribution is 2.53. The Hall–Kier alpha value is -3.09. The van der Waals surface area contributed by atoms with Crippen molar-refractivity contribution >= 4 is 39.8 Å². The number of aromatic nitrogens is 1. The highest BCUT2D eigenvalue weighted by molar-refractivity contribution is 7.86. The molecule has 0 bridgehead atoms. The van der Waals surface area contributed by atoms with Crippen molar-refractivity contribution in [1.82, 2.24) is 19.4 Å². The van der Waals surface area contributed by atoms with Crippen LogP contribution in [-0.4, -0.2) is 70.1 Å². The number of carbonyl (C=O) groups is 3. The van der Waals surface area contributed by atoms with Gasteiger partial charge in [0.15, 0.2) is 11.8 Å². The highest BCUT2D eigenvalue weighted by Gasteiger charge is 2.72. The molecular weight excluding hydrogens is 488 g/mol. The Morgan fingerprint density at radius 2 is 1.91 bits per heavy atom. The zero-order valence-electron chi connectivity index (χ0n) is 18.3. The Kier molecular flexibility index (Phi) is 5.15. The van der Waals surface area contributed by atoms with E-state index in [1.807, 2.05) is 0 Å². The van der Waals surface area contributed by atoms with Crippen molar-refractivity contribution in [2.45, 2.75) is 42.4 Å². The number of imide groups is 1. The van der Waals surface area contributed by atoms with E-state index >= 15 is 0 Å². The van der Waals surface area contributed by atoms with Gasteiger partial charge in [0.25, 0.3) is 5.91 Å². The van der Waals surface area contributed by atoms with Crippen molar-refractivity contribution < 1.29 is 31.8 Å². The number of benzene rings is 1. The molecule has 5 rings (SSSR count). The summed E-state index contributed by atoms with van der Waals surface area (Å²) < 4.78 is 38.3. The molecule has 3 atom stereocenters. The molecule has 11 nitrogen and oxygen atoms in total. The quantitative estimate of drug-likeness (QED) is 0.582. The maximum absolute atomic E-state index is 13.6. The number of hydrogen-bond acceptors (Lipinski definition) is 7.